The Morgan fingerprint density at radius 3 is 2.33 bits per heavy atom. The smallest absolute Gasteiger partial charge is 0.188 e. The number of hydrogen-bond acceptors (Lipinski definition) is 2. The van der Waals surface area contributed by atoms with Crippen LogP contribution in [-0.4, -0.2) is 29.3 Å². The number of carbonyl (C=O) groups excluding carboxylic acids is 1. The van der Waals surface area contributed by atoms with Gasteiger partial charge in [0.05, 0.1) is 15.6 Å². The van der Waals surface area contributed by atoms with Crippen molar-refractivity contribution < 1.29 is 13.6 Å². The van der Waals surface area contributed by atoms with Crippen molar-refractivity contribution in [2.24, 2.45) is 0 Å². The summed E-state index contributed by atoms with van der Waals surface area (Å²) in [6.45, 7) is 5.44. The van der Waals surface area contributed by atoms with Gasteiger partial charge in [-0.25, -0.2) is 8.78 Å². The van der Waals surface area contributed by atoms with Crippen LogP contribution in [0.5, 0.6) is 0 Å². The average molecular weight is 360 g/mol. The topological polar surface area (TPSA) is 20.3 Å². The fourth-order valence-electron chi connectivity index (χ4n) is 3.27. The van der Waals surface area contributed by atoms with Gasteiger partial charge in [0.25, 0.3) is 0 Å². The zero-order chi connectivity index (χ0) is 15.6. The average Bonchev–Trinajstić information content (AvgIpc) is 3.00. The Morgan fingerprint density at radius 2 is 1.81 bits per heavy atom. The second-order valence-electron chi connectivity index (χ2n) is 5.48. The van der Waals surface area contributed by atoms with E-state index in [4.69, 9.17) is 0 Å². The van der Waals surface area contributed by atoms with E-state index in [1.54, 1.807) is 0 Å². The minimum Gasteiger partial charge on any atom is -0.292 e. The molecule has 1 aliphatic heterocycles. The monoisotopic (exact) mass is 359 g/mol. The molecule has 0 saturated carbocycles. The maximum atomic E-state index is 14.3. The molecule has 0 aliphatic carbocycles. The van der Waals surface area contributed by atoms with Crippen molar-refractivity contribution in [3.8, 4) is 0 Å². The summed E-state index contributed by atoms with van der Waals surface area (Å²) in [6, 6.07) is 2.43. The van der Waals surface area contributed by atoms with Gasteiger partial charge < -0.3 is 0 Å². The highest BCUT2D eigenvalue weighted by molar-refractivity contribution is 9.10. The normalized spacial score (nSPS) is 16.4. The fraction of sp³-hybridized carbons (Fsp3) is 0.562. The number of carbonyl (C=O) groups is 1. The number of ketones is 1. The molecular weight excluding hydrogens is 340 g/mol. The lowest BCUT2D eigenvalue weighted by Crippen LogP contribution is -2.53. The summed E-state index contributed by atoms with van der Waals surface area (Å²) >= 11 is 3.04. The van der Waals surface area contributed by atoms with Crippen molar-refractivity contribution >= 4 is 21.7 Å². The van der Waals surface area contributed by atoms with E-state index in [0.717, 1.165) is 32.0 Å². The van der Waals surface area contributed by atoms with Crippen LogP contribution in [0, 0.1) is 11.6 Å². The maximum absolute atomic E-state index is 14.3. The molecule has 0 radical (unpaired) electrons. The summed E-state index contributed by atoms with van der Waals surface area (Å²) in [5.74, 6) is -2.03. The summed E-state index contributed by atoms with van der Waals surface area (Å²) < 4.78 is 28.5. The highest BCUT2D eigenvalue weighted by atomic mass is 79.9. The van der Waals surface area contributed by atoms with Gasteiger partial charge in [-0.3, -0.25) is 9.69 Å². The number of Topliss-reactive ketones (excluding diaryl/α,β-unsaturated/α-hetero) is 1. The van der Waals surface area contributed by atoms with Crippen molar-refractivity contribution in [3.05, 3.63) is 33.8 Å². The molecule has 116 valence electrons. The Hall–Kier alpha value is -0.810. The van der Waals surface area contributed by atoms with Crippen LogP contribution in [0.3, 0.4) is 0 Å². The number of hydrogen-bond donors (Lipinski definition) is 0. The van der Waals surface area contributed by atoms with Gasteiger partial charge in [0.15, 0.2) is 11.6 Å². The van der Waals surface area contributed by atoms with Crippen molar-refractivity contribution in [3.63, 3.8) is 0 Å². The summed E-state index contributed by atoms with van der Waals surface area (Å²) in [5, 5.41) is 0. The Bertz CT molecular complexity index is 537. The highest BCUT2D eigenvalue weighted by Gasteiger charge is 2.44. The van der Waals surface area contributed by atoms with E-state index in [9.17, 15) is 13.6 Å². The molecule has 0 N–H and O–H groups in total. The molecule has 5 heteroatoms. The molecule has 0 bridgehead atoms. The molecule has 1 heterocycles. The van der Waals surface area contributed by atoms with E-state index in [-0.39, 0.29) is 4.47 Å². The summed E-state index contributed by atoms with van der Waals surface area (Å²) in [4.78, 5) is 15.1. The molecule has 0 spiro atoms. The van der Waals surface area contributed by atoms with Crippen molar-refractivity contribution in [1.29, 1.82) is 0 Å². The Morgan fingerprint density at radius 1 is 1.24 bits per heavy atom. The van der Waals surface area contributed by atoms with Gasteiger partial charge >= 0.3 is 0 Å². The van der Waals surface area contributed by atoms with Crippen LogP contribution in [0.15, 0.2) is 16.6 Å². The van der Waals surface area contributed by atoms with Gasteiger partial charge in [-0.1, -0.05) is 13.8 Å². The lowest BCUT2D eigenvalue weighted by molar-refractivity contribution is 0.0572. The Labute approximate surface area is 132 Å². The minimum atomic E-state index is -0.807. The number of likely N-dealkylation sites (tertiary alicyclic amines) is 1. The molecule has 1 aliphatic rings. The van der Waals surface area contributed by atoms with Crippen molar-refractivity contribution in [1.82, 2.24) is 4.90 Å². The molecule has 21 heavy (non-hydrogen) atoms. The van der Waals surface area contributed by atoms with Gasteiger partial charge in [-0.15, -0.1) is 0 Å². The molecule has 1 fully saturated rings. The predicted molar refractivity (Wildman–Crippen MR) is 82.5 cm³/mol. The second kappa shape index (κ2) is 6.53. The molecule has 0 atom stereocenters. The van der Waals surface area contributed by atoms with Gasteiger partial charge in [-0.2, -0.15) is 0 Å². The molecule has 1 aromatic carbocycles. The molecule has 1 aromatic rings. The first-order chi connectivity index (χ1) is 9.97. The quantitative estimate of drug-likeness (QED) is 0.567. The van der Waals surface area contributed by atoms with Gasteiger partial charge in [0, 0.05) is 0 Å². The van der Waals surface area contributed by atoms with E-state index < -0.39 is 28.5 Å². The number of benzene rings is 1. The van der Waals surface area contributed by atoms with Gasteiger partial charge in [0.1, 0.15) is 5.82 Å². The van der Waals surface area contributed by atoms with Crippen LogP contribution >= 0.6 is 15.9 Å². The zero-order valence-corrected chi connectivity index (χ0v) is 14.0. The number of halogens is 3. The Kier molecular flexibility index (Phi) is 5.15. The first-order valence-electron chi connectivity index (χ1n) is 7.41. The summed E-state index contributed by atoms with van der Waals surface area (Å²) in [6.07, 6.45) is 3.15. The predicted octanol–water partition coefficient (Wildman–Crippen LogP) is 4.56. The lowest BCUT2D eigenvalue weighted by Gasteiger charge is -2.39. The van der Waals surface area contributed by atoms with Crippen LogP contribution in [0.4, 0.5) is 8.78 Å². The molecule has 1 saturated heterocycles. The van der Waals surface area contributed by atoms with Crippen LogP contribution in [-0.2, 0) is 0 Å². The largest absolute Gasteiger partial charge is 0.292 e. The van der Waals surface area contributed by atoms with E-state index in [0.29, 0.717) is 12.8 Å². The molecular formula is C16H20BrF2NO. The van der Waals surface area contributed by atoms with Crippen molar-refractivity contribution in [2.45, 2.75) is 45.1 Å². The standard InChI is InChI=1S/C16H20BrF2NO/c1-3-16(4-2,20-9-5-6-10-20)15(21)13-12(18)8-7-11(17)14(13)19/h7-8H,3-6,9-10H2,1-2H3. The SMILES string of the molecule is CCC(CC)(C(=O)c1c(F)ccc(Br)c1F)N1CCCC1. The fourth-order valence-corrected chi connectivity index (χ4v) is 3.61. The number of nitrogens with zero attached hydrogens (tertiary/aromatic N) is 1. The van der Waals surface area contributed by atoms with Crippen LogP contribution in [0.2, 0.25) is 0 Å². The first-order valence-corrected chi connectivity index (χ1v) is 8.20. The zero-order valence-electron chi connectivity index (χ0n) is 12.4. The molecule has 2 nitrogen and oxygen atoms in total. The first kappa shape index (κ1) is 16.6. The molecule has 0 aromatic heterocycles. The van der Waals surface area contributed by atoms with Crippen LogP contribution < -0.4 is 0 Å². The second-order valence-corrected chi connectivity index (χ2v) is 6.33. The Balaban J connectivity index is 2.51. The van der Waals surface area contributed by atoms with Crippen LogP contribution in [0.25, 0.3) is 0 Å². The molecule has 0 amide bonds. The third-order valence-corrected chi connectivity index (χ3v) is 5.19. The summed E-state index contributed by atoms with van der Waals surface area (Å²) in [5.41, 5.74) is -1.22. The molecule has 2 rings (SSSR count). The lowest BCUT2D eigenvalue weighted by atomic mass is 9.82. The highest BCUT2D eigenvalue weighted by Crippen LogP contribution is 2.34. The van der Waals surface area contributed by atoms with E-state index >= 15 is 0 Å². The summed E-state index contributed by atoms with van der Waals surface area (Å²) in [7, 11) is 0. The third-order valence-electron chi connectivity index (χ3n) is 4.57. The van der Waals surface area contributed by atoms with Crippen LogP contribution in [0.1, 0.15) is 49.9 Å². The van der Waals surface area contributed by atoms with Crippen molar-refractivity contribution in [2.75, 3.05) is 13.1 Å². The van der Waals surface area contributed by atoms with E-state index in [2.05, 4.69) is 20.8 Å². The van der Waals surface area contributed by atoms with E-state index in [1.165, 1.54) is 6.07 Å². The minimum absolute atomic E-state index is 0.120. The number of rotatable bonds is 5. The van der Waals surface area contributed by atoms with Gasteiger partial charge in [-0.05, 0) is 66.8 Å². The maximum Gasteiger partial charge on any atom is 0.188 e. The van der Waals surface area contributed by atoms with Gasteiger partial charge in [0.2, 0.25) is 0 Å². The van der Waals surface area contributed by atoms with E-state index in [1.807, 2.05) is 13.8 Å². The molecule has 0 unspecified atom stereocenters. The third kappa shape index (κ3) is 2.78.